The van der Waals surface area contributed by atoms with E-state index in [1.165, 1.54) is 0 Å². The van der Waals surface area contributed by atoms with Crippen molar-refractivity contribution in [3.8, 4) is 5.75 Å². The van der Waals surface area contributed by atoms with Crippen molar-refractivity contribution in [1.29, 1.82) is 0 Å². The third-order valence-corrected chi connectivity index (χ3v) is 3.90. The molecule has 0 bridgehead atoms. The van der Waals surface area contributed by atoms with E-state index < -0.39 is 0 Å². The van der Waals surface area contributed by atoms with E-state index in [2.05, 4.69) is 12.2 Å². The van der Waals surface area contributed by atoms with Gasteiger partial charge in [-0.25, -0.2) is 0 Å². The number of nitrogens with one attached hydrogen (secondary N) is 1. The van der Waals surface area contributed by atoms with Gasteiger partial charge in [-0.05, 0) is 36.1 Å². The number of anilines is 1. The Hall–Kier alpha value is -2.81. The molecule has 0 aromatic heterocycles. The highest BCUT2D eigenvalue weighted by Crippen LogP contribution is 2.24. The average molecular weight is 319 g/mol. The molecule has 0 saturated carbocycles. The van der Waals surface area contributed by atoms with Gasteiger partial charge < -0.3 is 10.1 Å². The Morgan fingerprint density at radius 1 is 1.00 bits per heavy atom. The SMILES string of the molecule is CCCCOc1cccc(C(=O)Nc2cccc3ccccc23)c1. The molecule has 3 nitrogen and oxygen atoms in total. The quantitative estimate of drug-likeness (QED) is 0.628. The molecule has 0 atom stereocenters. The van der Waals surface area contributed by atoms with Gasteiger partial charge in [-0.2, -0.15) is 0 Å². The minimum Gasteiger partial charge on any atom is -0.494 e. The number of ether oxygens (including phenoxy) is 1. The van der Waals surface area contributed by atoms with Crippen LogP contribution in [-0.2, 0) is 0 Å². The Kier molecular flexibility index (Phi) is 5.12. The van der Waals surface area contributed by atoms with E-state index in [4.69, 9.17) is 4.74 Å². The highest BCUT2D eigenvalue weighted by molar-refractivity contribution is 6.09. The Morgan fingerprint density at radius 2 is 1.79 bits per heavy atom. The topological polar surface area (TPSA) is 38.3 Å². The lowest BCUT2D eigenvalue weighted by Gasteiger charge is -2.10. The second kappa shape index (κ2) is 7.64. The summed E-state index contributed by atoms with van der Waals surface area (Å²) in [7, 11) is 0. The van der Waals surface area contributed by atoms with Crippen LogP contribution in [0.3, 0.4) is 0 Å². The molecule has 0 saturated heterocycles. The molecule has 0 aliphatic carbocycles. The standard InChI is InChI=1S/C21H21NO2/c1-2-3-14-24-18-11-6-10-17(15-18)21(23)22-20-13-7-9-16-8-4-5-12-19(16)20/h4-13,15H,2-3,14H2,1H3,(H,22,23). The van der Waals surface area contributed by atoms with E-state index in [0.717, 1.165) is 35.1 Å². The fourth-order valence-electron chi connectivity index (χ4n) is 2.59. The van der Waals surface area contributed by atoms with Crippen LogP contribution in [0, 0.1) is 0 Å². The first-order valence-electron chi connectivity index (χ1n) is 8.30. The van der Waals surface area contributed by atoms with Gasteiger partial charge in [0, 0.05) is 16.6 Å². The molecule has 3 aromatic carbocycles. The van der Waals surface area contributed by atoms with E-state index >= 15 is 0 Å². The van der Waals surface area contributed by atoms with E-state index in [9.17, 15) is 4.79 Å². The van der Waals surface area contributed by atoms with Crippen LogP contribution in [0.25, 0.3) is 10.8 Å². The van der Waals surface area contributed by atoms with Crippen LogP contribution in [0.5, 0.6) is 5.75 Å². The summed E-state index contributed by atoms with van der Waals surface area (Å²) in [5, 5.41) is 5.14. The highest BCUT2D eigenvalue weighted by atomic mass is 16.5. The zero-order valence-electron chi connectivity index (χ0n) is 13.8. The van der Waals surface area contributed by atoms with Crippen LogP contribution in [0.4, 0.5) is 5.69 Å². The normalized spacial score (nSPS) is 10.5. The first-order valence-corrected chi connectivity index (χ1v) is 8.30. The summed E-state index contributed by atoms with van der Waals surface area (Å²) in [6.07, 6.45) is 2.09. The number of amides is 1. The lowest BCUT2D eigenvalue weighted by molar-refractivity contribution is 0.102. The van der Waals surface area contributed by atoms with Gasteiger partial charge in [0.15, 0.2) is 0 Å². The van der Waals surface area contributed by atoms with Gasteiger partial charge in [0.2, 0.25) is 0 Å². The zero-order chi connectivity index (χ0) is 16.8. The van der Waals surface area contributed by atoms with E-state index in [-0.39, 0.29) is 5.91 Å². The van der Waals surface area contributed by atoms with Crippen LogP contribution in [0.15, 0.2) is 66.7 Å². The lowest BCUT2D eigenvalue weighted by Crippen LogP contribution is -2.12. The maximum atomic E-state index is 12.6. The predicted octanol–water partition coefficient (Wildman–Crippen LogP) is 5.27. The average Bonchev–Trinajstić information content (AvgIpc) is 2.62. The van der Waals surface area contributed by atoms with Crippen molar-refractivity contribution in [3.63, 3.8) is 0 Å². The van der Waals surface area contributed by atoms with E-state index in [0.29, 0.717) is 12.2 Å². The molecule has 0 heterocycles. The summed E-state index contributed by atoms with van der Waals surface area (Å²) < 4.78 is 5.68. The molecular formula is C21H21NO2. The molecule has 3 heteroatoms. The van der Waals surface area contributed by atoms with Gasteiger partial charge in [0.05, 0.1) is 6.61 Å². The lowest BCUT2D eigenvalue weighted by atomic mass is 10.1. The van der Waals surface area contributed by atoms with Crippen LogP contribution < -0.4 is 10.1 Å². The van der Waals surface area contributed by atoms with Gasteiger partial charge >= 0.3 is 0 Å². The summed E-state index contributed by atoms with van der Waals surface area (Å²) >= 11 is 0. The minimum absolute atomic E-state index is 0.132. The number of unbranched alkanes of at least 4 members (excludes halogenated alkanes) is 1. The number of hydrogen-bond donors (Lipinski definition) is 1. The number of rotatable bonds is 6. The summed E-state index contributed by atoms with van der Waals surface area (Å²) in [5.41, 5.74) is 1.41. The fourth-order valence-corrected chi connectivity index (χ4v) is 2.59. The smallest absolute Gasteiger partial charge is 0.255 e. The molecule has 0 aliphatic rings. The van der Waals surface area contributed by atoms with Gasteiger partial charge in [-0.3, -0.25) is 4.79 Å². The largest absolute Gasteiger partial charge is 0.494 e. The van der Waals surface area contributed by atoms with Gasteiger partial charge in [0.25, 0.3) is 5.91 Å². The highest BCUT2D eigenvalue weighted by Gasteiger charge is 2.09. The third-order valence-electron chi connectivity index (χ3n) is 3.90. The molecule has 0 aliphatic heterocycles. The second-order valence-electron chi connectivity index (χ2n) is 5.71. The van der Waals surface area contributed by atoms with Gasteiger partial charge in [0.1, 0.15) is 5.75 Å². The van der Waals surface area contributed by atoms with Gasteiger partial charge in [-0.1, -0.05) is 55.8 Å². The van der Waals surface area contributed by atoms with Crippen molar-refractivity contribution in [2.45, 2.75) is 19.8 Å². The van der Waals surface area contributed by atoms with Crippen molar-refractivity contribution in [2.75, 3.05) is 11.9 Å². The third kappa shape index (κ3) is 3.74. The monoisotopic (exact) mass is 319 g/mol. The van der Waals surface area contributed by atoms with Crippen LogP contribution in [-0.4, -0.2) is 12.5 Å². The maximum absolute atomic E-state index is 12.6. The molecular weight excluding hydrogens is 298 g/mol. The Labute approximate surface area is 142 Å². The first kappa shape index (κ1) is 16.1. The fraction of sp³-hybridized carbons (Fsp3) is 0.190. The predicted molar refractivity (Wildman–Crippen MR) is 98.7 cm³/mol. The van der Waals surface area contributed by atoms with E-state index in [1.807, 2.05) is 54.6 Å². The summed E-state index contributed by atoms with van der Waals surface area (Å²) in [6.45, 7) is 2.79. The van der Waals surface area contributed by atoms with Crippen molar-refractivity contribution in [1.82, 2.24) is 0 Å². The summed E-state index contributed by atoms with van der Waals surface area (Å²) in [5.74, 6) is 0.598. The van der Waals surface area contributed by atoms with Crippen LogP contribution >= 0.6 is 0 Å². The molecule has 0 radical (unpaired) electrons. The van der Waals surface area contributed by atoms with Crippen LogP contribution in [0.1, 0.15) is 30.1 Å². The molecule has 3 aromatic rings. The molecule has 3 rings (SSSR count). The minimum atomic E-state index is -0.132. The summed E-state index contributed by atoms with van der Waals surface area (Å²) in [4.78, 5) is 12.6. The van der Waals surface area contributed by atoms with E-state index in [1.54, 1.807) is 12.1 Å². The number of hydrogen-bond acceptors (Lipinski definition) is 2. The Bertz CT molecular complexity index is 837. The maximum Gasteiger partial charge on any atom is 0.255 e. The summed E-state index contributed by atoms with van der Waals surface area (Å²) in [6, 6.07) is 21.2. The molecule has 1 N–H and O–H groups in total. The Balaban J connectivity index is 1.78. The zero-order valence-corrected chi connectivity index (χ0v) is 13.8. The number of benzene rings is 3. The number of carbonyl (C=O) groups excluding carboxylic acids is 1. The molecule has 0 spiro atoms. The van der Waals surface area contributed by atoms with Crippen molar-refractivity contribution >= 4 is 22.4 Å². The molecule has 0 fully saturated rings. The molecule has 1 amide bonds. The van der Waals surface area contributed by atoms with Gasteiger partial charge in [-0.15, -0.1) is 0 Å². The molecule has 24 heavy (non-hydrogen) atoms. The number of fused-ring (bicyclic) bond motifs is 1. The number of carbonyl (C=O) groups is 1. The molecule has 0 unspecified atom stereocenters. The first-order chi connectivity index (χ1) is 11.8. The second-order valence-corrected chi connectivity index (χ2v) is 5.71. The molecule has 122 valence electrons. The van der Waals surface area contributed by atoms with Crippen molar-refractivity contribution in [3.05, 3.63) is 72.3 Å². The van der Waals surface area contributed by atoms with Crippen molar-refractivity contribution in [2.24, 2.45) is 0 Å². The Morgan fingerprint density at radius 3 is 2.67 bits per heavy atom. The van der Waals surface area contributed by atoms with Crippen molar-refractivity contribution < 1.29 is 9.53 Å². The van der Waals surface area contributed by atoms with Crippen LogP contribution in [0.2, 0.25) is 0 Å².